The molecule has 0 aliphatic carbocycles. The molecule has 0 atom stereocenters. The fourth-order valence-electron chi connectivity index (χ4n) is 1.10. The smallest absolute Gasteiger partial charge is 0.303 e. The van der Waals surface area contributed by atoms with E-state index in [0.717, 1.165) is 18.2 Å². The number of alkyl halides is 3. The van der Waals surface area contributed by atoms with Gasteiger partial charge in [-0.05, 0) is 23.8 Å². The number of aldehydes is 1. The normalized spacial score (nSPS) is 11.4. The van der Waals surface area contributed by atoms with Crippen molar-refractivity contribution in [3.8, 4) is 0 Å². The minimum Gasteiger partial charge on any atom is -0.303 e. The van der Waals surface area contributed by atoms with Gasteiger partial charge in [-0.1, -0.05) is 11.6 Å². The van der Waals surface area contributed by atoms with Gasteiger partial charge in [0, 0.05) is 11.4 Å². The Morgan fingerprint density at radius 1 is 1.36 bits per heavy atom. The molecule has 0 fully saturated rings. The Balaban J connectivity index is 3.21. The molecule has 0 saturated carbocycles. The molecule has 1 aromatic carbocycles. The third kappa shape index (κ3) is 2.48. The third-order valence-electron chi connectivity index (χ3n) is 1.68. The van der Waals surface area contributed by atoms with E-state index in [1.165, 1.54) is 0 Å². The van der Waals surface area contributed by atoms with Crippen LogP contribution in [0.4, 0.5) is 13.2 Å². The van der Waals surface area contributed by atoms with Crippen molar-refractivity contribution in [3.05, 3.63) is 34.3 Å². The molecule has 1 nitrogen and oxygen atoms in total. The molecule has 0 saturated heterocycles. The van der Waals surface area contributed by atoms with Crippen LogP contribution in [-0.2, 0) is 17.4 Å². The van der Waals surface area contributed by atoms with E-state index in [4.69, 9.17) is 11.6 Å². The summed E-state index contributed by atoms with van der Waals surface area (Å²) >= 11 is 5.52. The summed E-state index contributed by atoms with van der Waals surface area (Å²) in [5.41, 5.74) is -0.908. The molecule has 1 rings (SSSR count). The van der Waals surface area contributed by atoms with Crippen LogP contribution in [0.5, 0.6) is 0 Å². The van der Waals surface area contributed by atoms with Crippen molar-refractivity contribution < 1.29 is 18.0 Å². The van der Waals surface area contributed by atoms with Gasteiger partial charge in [-0.25, -0.2) is 0 Å². The maximum atomic E-state index is 12.3. The van der Waals surface area contributed by atoms with Crippen LogP contribution in [0, 0.1) is 0 Å². The van der Waals surface area contributed by atoms with Crippen LogP contribution in [0.15, 0.2) is 18.2 Å². The quantitative estimate of drug-likeness (QED) is 0.703. The molecule has 0 unspecified atom stereocenters. The van der Waals surface area contributed by atoms with Crippen LogP contribution >= 0.6 is 11.6 Å². The van der Waals surface area contributed by atoms with E-state index in [2.05, 4.69) is 0 Å². The second-order valence-corrected chi connectivity index (χ2v) is 3.11. The Morgan fingerprint density at radius 3 is 2.50 bits per heavy atom. The summed E-state index contributed by atoms with van der Waals surface area (Å²) in [5.74, 6) is 0. The first-order chi connectivity index (χ1) is 6.45. The van der Waals surface area contributed by atoms with E-state index in [-0.39, 0.29) is 17.0 Å². The van der Waals surface area contributed by atoms with Crippen molar-refractivity contribution in [2.24, 2.45) is 0 Å². The van der Waals surface area contributed by atoms with Crippen molar-refractivity contribution in [2.45, 2.75) is 12.6 Å². The first-order valence-corrected chi connectivity index (χ1v) is 4.12. The largest absolute Gasteiger partial charge is 0.416 e. The Labute approximate surface area is 83.5 Å². The average Bonchev–Trinajstić information content (AvgIpc) is 2.02. The van der Waals surface area contributed by atoms with Crippen molar-refractivity contribution in [3.63, 3.8) is 0 Å². The minimum atomic E-state index is -4.44. The first-order valence-electron chi connectivity index (χ1n) is 3.74. The van der Waals surface area contributed by atoms with Crippen molar-refractivity contribution in [1.29, 1.82) is 0 Å². The summed E-state index contributed by atoms with van der Waals surface area (Å²) in [5, 5.41) is 0.190. The molecule has 0 N–H and O–H groups in total. The SMILES string of the molecule is O=CCc1cc(Cl)ccc1C(F)(F)F. The van der Waals surface area contributed by atoms with Crippen molar-refractivity contribution in [2.75, 3.05) is 0 Å². The number of benzene rings is 1. The highest BCUT2D eigenvalue weighted by Crippen LogP contribution is 2.33. The van der Waals surface area contributed by atoms with Crippen LogP contribution in [0.2, 0.25) is 5.02 Å². The molecule has 0 radical (unpaired) electrons. The van der Waals surface area contributed by atoms with Crippen LogP contribution in [0.25, 0.3) is 0 Å². The van der Waals surface area contributed by atoms with Gasteiger partial charge in [-0.2, -0.15) is 13.2 Å². The first kappa shape index (κ1) is 11.0. The van der Waals surface area contributed by atoms with Gasteiger partial charge in [-0.3, -0.25) is 0 Å². The fourth-order valence-corrected chi connectivity index (χ4v) is 1.29. The number of rotatable bonds is 2. The zero-order valence-electron chi connectivity index (χ0n) is 6.94. The lowest BCUT2D eigenvalue weighted by Crippen LogP contribution is -2.09. The molecule has 5 heteroatoms. The van der Waals surface area contributed by atoms with Crippen LogP contribution < -0.4 is 0 Å². The molecule has 0 spiro atoms. The highest BCUT2D eigenvalue weighted by atomic mass is 35.5. The highest BCUT2D eigenvalue weighted by molar-refractivity contribution is 6.30. The van der Waals surface area contributed by atoms with Gasteiger partial charge >= 0.3 is 6.18 Å². The van der Waals surface area contributed by atoms with Gasteiger partial charge in [0.2, 0.25) is 0 Å². The van der Waals surface area contributed by atoms with E-state index in [1.54, 1.807) is 0 Å². The summed E-state index contributed by atoms with van der Waals surface area (Å²) in [6, 6.07) is 3.18. The predicted octanol–water partition coefficient (Wildman–Crippen LogP) is 3.10. The van der Waals surface area contributed by atoms with E-state index in [1.807, 2.05) is 0 Å². The number of carbonyl (C=O) groups excluding carboxylic acids is 1. The van der Waals surface area contributed by atoms with Crippen LogP contribution in [0.3, 0.4) is 0 Å². The van der Waals surface area contributed by atoms with Gasteiger partial charge in [0.05, 0.1) is 5.56 Å². The summed E-state index contributed by atoms with van der Waals surface area (Å²) in [7, 11) is 0. The second-order valence-electron chi connectivity index (χ2n) is 2.67. The van der Waals surface area contributed by atoms with Gasteiger partial charge in [-0.15, -0.1) is 0 Å². The molecular weight excluding hydrogens is 217 g/mol. The van der Waals surface area contributed by atoms with Gasteiger partial charge in [0.25, 0.3) is 0 Å². The van der Waals surface area contributed by atoms with E-state index in [0.29, 0.717) is 6.29 Å². The lowest BCUT2D eigenvalue weighted by atomic mass is 10.1. The number of carbonyl (C=O) groups is 1. The molecule has 0 aliphatic heterocycles. The van der Waals surface area contributed by atoms with Crippen molar-refractivity contribution >= 4 is 17.9 Å². The highest BCUT2D eigenvalue weighted by Gasteiger charge is 2.32. The Hall–Kier alpha value is -1.03. The Kier molecular flexibility index (Phi) is 3.16. The molecule has 0 heterocycles. The molecule has 76 valence electrons. The average molecular weight is 223 g/mol. The molecule has 0 aliphatic rings. The lowest BCUT2D eigenvalue weighted by molar-refractivity contribution is -0.138. The van der Waals surface area contributed by atoms with Crippen LogP contribution in [0.1, 0.15) is 11.1 Å². The fraction of sp³-hybridized carbons (Fsp3) is 0.222. The van der Waals surface area contributed by atoms with E-state index < -0.39 is 11.7 Å². The van der Waals surface area contributed by atoms with E-state index >= 15 is 0 Å². The summed E-state index contributed by atoms with van der Waals surface area (Å²) in [6.07, 6.45) is -4.31. The van der Waals surface area contributed by atoms with Crippen molar-refractivity contribution in [1.82, 2.24) is 0 Å². The zero-order chi connectivity index (χ0) is 10.8. The Morgan fingerprint density at radius 2 is 2.00 bits per heavy atom. The zero-order valence-corrected chi connectivity index (χ0v) is 7.69. The lowest BCUT2D eigenvalue weighted by Gasteiger charge is -2.10. The molecular formula is C9H6ClF3O. The summed E-state index contributed by atoms with van der Waals surface area (Å²) in [4.78, 5) is 10.2. The summed E-state index contributed by atoms with van der Waals surface area (Å²) < 4.78 is 37.0. The minimum absolute atomic E-state index is 0.0972. The maximum absolute atomic E-state index is 12.3. The second kappa shape index (κ2) is 4.00. The third-order valence-corrected chi connectivity index (χ3v) is 1.91. The molecule has 14 heavy (non-hydrogen) atoms. The molecule has 0 bridgehead atoms. The van der Waals surface area contributed by atoms with Gasteiger partial charge in [0.15, 0.2) is 0 Å². The maximum Gasteiger partial charge on any atom is 0.416 e. The van der Waals surface area contributed by atoms with Gasteiger partial charge < -0.3 is 4.79 Å². The topological polar surface area (TPSA) is 17.1 Å². The standard InChI is InChI=1S/C9H6ClF3O/c10-7-1-2-8(9(11,12)13)6(5-7)3-4-14/h1-2,4-5H,3H2. The molecule has 1 aromatic rings. The van der Waals surface area contributed by atoms with E-state index in [9.17, 15) is 18.0 Å². The molecule has 0 amide bonds. The number of hydrogen-bond donors (Lipinski definition) is 0. The monoisotopic (exact) mass is 222 g/mol. The van der Waals surface area contributed by atoms with Crippen LogP contribution in [-0.4, -0.2) is 6.29 Å². The summed E-state index contributed by atoms with van der Waals surface area (Å²) in [6.45, 7) is 0. The number of halogens is 4. The Bertz CT molecular complexity index is 346. The molecule has 0 aromatic heterocycles. The predicted molar refractivity (Wildman–Crippen MR) is 46.2 cm³/mol. The van der Waals surface area contributed by atoms with Gasteiger partial charge in [0.1, 0.15) is 6.29 Å². The number of hydrogen-bond acceptors (Lipinski definition) is 1.